The van der Waals surface area contributed by atoms with Gasteiger partial charge in [-0.15, -0.1) is 5.10 Å². The predicted octanol–water partition coefficient (Wildman–Crippen LogP) is 5.29. The SMILES string of the molecule is C=C(C)C1(C(=C)Nc2ccc(Oc3ccc4nc(NC(=O)C5CC5)cn4n3)cc2F)CC1. The van der Waals surface area contributed by atoms with Crippen molar-refractivity contribution in [1.29, 1.82) is 0 Å². The fourth-order valence-electron chi connectivity index (χ4n) is 3.73. The molecule has 8 heteroatoms. The van der Waals surface area contributed by atoms with E-state index >= 15 is 0 Å². The first-order valence-electron chi connectivity index (χ1n) is 10.6. The van der Waals surface area contributed by atoms with Gasteiger partial charge in [0.15, 0.2) is 11.5 Å². The largest absolute Gasteiger partial charge is 0.437 e. The number of nitrogens with one attached hydrogen (secondary N) is 2. The van der Waals surface area contributed by atoms with Gasteiger partial charge in [0.25, 0.3) is 0 Å². The molecule has 32 heavy (non-hydrogen) atoms. The molecule has 0 bridgehead atoms. The van der Waals surface area contributed by atoms with Crippen LogP contribution in [0.2, 0.25) is 0 Å². The van der Waals surface area contributed by atoms with E-state index < -0.39 is 5.82 Å². The number of amides is 1. The van der Waals surface area contributed by atoms with E-state index in [0.717, 1.165) is 37.0 Å². The Balaban J connectivity index is 1.28. The molecule has 7 nitrogen and oxygen atoms in total. The van der Waals surface area contributed by atoms with Gasteiger partial charge in [-0.25, -0.2) is 13.9 Å². The lowest BCUT2D eigenvalue weighted by molar-refractivity contribution is -0.117. The third-order valence-electron chi connectivity index (χ3n) is 6.09. The number of hydrogen-bond acceptors (Lipinski definition) is 5. The Morgan fingerprint density at radius 1 is 1.22 bits per heavy atom. The molecule has 0 atom stereocenters. The molecule has 2 aliphatic rings. The molecule has 0 spiro atoms. The maximum Gasteiger partial charge on any atom is 0.237 e. The Hall–Kier alpha value is -3.68. The van der Waals surface area contributed by atoms with E-state index in [4.69, 9.17) is 4.74 Å². The van der Waals surface area contributed by atoms with Gasteiger partial charge in [-0.2, -0.15) is 0 Å². The maximum atomic E-state index is 14.7. The number of nitrogens with zero attached hydrogens (tertiary/aromatic N) is 3. The lowest BCUT2D eigenvalue weighted by atomic mass is 9.95. The predicted molar refractivity (Wildman–Crippen MR) is 120 cm³/mol. The second kappa shape index (κ2) is 7.47. The van der Waals surface area contributed by atoms with Gasteiger partial charge in [0.05, 0.1) is 11.9 Å². The van der Waals surface area contributed by atoms with Crippen molar-refractivity contribution in [3.8, 4) is 11.6 Å². The highest BCUT2D eigenvalue weighted by atomic mass is 19.1. The van der Waals surface area contributed by atoms with Gasteiger partial charge in [0, 0.05) is 29.2 Å². The number of benzene rings is 1. The van der Waals surface area contributed by atoms with Crippen LogP contribution in [0.15, 0.2) is 61.0 Å². The minimum Gasteiger partial charge on any atom is -0.437 e. The molecule has 1 amide bonds. The fraction of sp³-hybridized carbons (Fsp3) is 0.292. The van der Waals surface area contributed by atoms with Crippen molar-refractivity contribution < 1.29 is 13.9 Å². The van der Waals surface area contributed by atoms with E-state index in [1.807, 2.05) is 6.92 Å². The molecule has 2 heterocycles. The van der Waals surface area contributed by atoms with Crippen LogP contribution >= 0.6 is 0 Å². The van der Waals surface area contributed by atoms with Crippen molar-refractivity contribution in [3.63, 3.8) is 0 Å². The average Bonchev–Trinajstić information content (AvgIpc) is 3.65. The molecule has 2 N–H and O–H groups in total. The number of hydrogen-bond donors (Lipinski definition) is 2. The van der Waals surface area contributed by atoms with Gasteiger partial charge >= 0.3 is 0 Å². The van der Waals surface area contributed by atoms with Crippen molar-refractivity contribution in [2.24, 2.45) is 11.3 Å². The number of rotatable bonds is 8. The summed E-state index contributed by atoms with van der Waals surface area (Å²) in [6.07, 6.45) is 5.42. The maximum absolute atomic E-state index is 14.7. The van der Waals surface area contributed by atoms with Crippen molar-refractivity contribution in [2.75, 3.05) is 10.6 Å². The van der Waals surface area contributed by atoms with Gasteiger partial charge in [-0.3, -0.25) is 4.79 Å². The normalized spacial score (nSPS) is 16.4. The Kier molecular flexibility index (Phi) is 4.73. The molecule has 5 rings (SSSR count). The molecule has 2 aromatic heterocycles. The molecule has 0 saturated heterocycles. The monoisotopic (exact) mass is 433 g/mol. The molecule has 0 unspecified atom stereocenters. The zero-order chi connectivity index (χ0) is 22.5. The molecule has 3 aromatic rings. The summed E-state index contributed by atoms with van der Waals surface area (Å²) in [6.45, 7) is 10.1. The van der Waals surface area contributed by atoms with Crippen LogP contribution in [-0.4, -0.2) is 20.5 Å². The van der Waals surface area contributed by atoms with E-state index in [1.165, 1.54) is 10.6 Å². The average molecular weight is 433 g/mol. The van der Waals surface area contributed by atoms with E-state index in [2.05, 4.69) is 33.9 Å². The topological polar surface area (TPSA) is 80.5 Å². The van der Waals surface area contributed by atoms with Crippen molar-refractivity contribution >= 4 is 23.1 Å². The Morgan fingerprint density at radius 3 is 2.66 bits per heavy atom. The number of carbonyl (C=O) groups is 1. The van der Waals surface area contributed by atoms with Gasteiger partial charge < -0.3 is 15.4 Å². The number of halogens is 1. The first-order valence-corrected chi connectivity index (χ1v) is 10.6. The minimum atomic E-state index is -0.449. The van der Waals surface area contributed by atoms with Crippen molar-refractivity contribution in [3.05, 3.63) is 66.8 Å². The van der Waals surface area contributed by atoms with Crippen LogP contribution in [0.3, 0.4) is 0 Å². The summed E-state index contributed by atoms with van der Waals surface area (Å²) in [6, 6.07) is 7.95. The number of carbonyl (C=O) groups excluding carboxylic acids is 1. The van der Waals surface area contributed by atoms with Crippen LogP contribution in [0.1, 0.15) is 32.6 Å². The Labute approximate surface area is 185 Å². The number of fused-ring (bicyclic) bond motifs is 1. The molecule has 2 fully saturated rings. The highest BCUT2D eigenvalue weighted by molar-refractivity contribution is 5.93. The molecule has 0 aliphatic heterocycles. The Morgan fingerprint density at radius 2 is 2.00 bits per heavy atom. The minimum absolute atomic E-state index is 0.0207. The number of aromatic nitrogens is 3. The number of ether oxygens (including phenoxy) is 1. The van der Waals surface area contributed by atoms with Crippen LogP contribution in [0.5, 0.6) is 11.6 Å². The standard InChI is InChI=1S/C24H24FN5O2/c1-14(2)24(10-11-24)15(3)26-19-7-6-17(12-18(19)25)32-22-9-8-21-27-20(13-30(21)29-22)28-23(31)16-4-5-16/h6-9,12-13,16,26H,1,3-5,10-11H2,2H3,(H,28,31). The van der Waals surface area contributed by atoms with Gasteiger partial charge in [0.1, 0.15) is 11.6 Å². The molecule has 2 aliphatic carbocycles. The lowest BCUT2D eigenvalue weighted by Gasteiger charge is -2.20. The Bertz CT molecular complexity index is 1260. The zero-order valence-corrected chi connectivity index (χ0v) is 17.8. The summed E-state index contributed by atoms with van der Waals surface area (Å²) >= 11 is 0. The smallest absolute Gasteiger partial charge is 0.237 e. The van der Waals surface area contributed by atoms with Crippen LogP contribution in [-0.2, 0) is 4.79 Å². The quantitative estimate of drug-likeness (QED) is 0.472. The summed E-state index contributed by atoms with van der Waals surface area (Å²) in [5, 5.41) is 10.2. The summed E-state index contributed by atoms with van der Waals surface area (Å²) in [7, 11) is 0. The molecule has 1 aromatic carbocycles. The number of imidazole rings is 1. The molecule has 2 saturated carbocycles. The third-order valence-corrected chi connectivity index (χ3v) is 6.09. The number of allylic oxidation sites excluding steroid dienone is 1. The number of anilines is 2. The first kappa shape index (κ1) is 20.2. The molecular weight excluding hydrogens is 409 g/mol. The second-order valence-electron chi connectivity index (χ2n) is 8.57. The highest BCUT2D eigenvalue weighted by Gasteiger charge is 2.46. The van der Waals surface area contributed by atoms with Crippen LogP contribution in [0.4, 0.5) is 15.9 Å². The molecule has 164 valence electrons. The van der Waals surface area contributed by atoms with E-state index in [0.29, 0.717) is 22.9 Å². The van der Waals surface area contributed by atoms with Crippen molar-refractivity contribution in [1.82, 2.24) is 14.6 Å². The highest BCUT2D eigenvalue weighted by Crippen LogP contribution is 2.56. The fourth-order valence-corrected chi connectivity index (χ4v) is 3.73. The van der Waals surface area contributed by atoms with E-state index in [9.17, 15) is 9.18 Å². The van der Waals surface area contributed by atoms with Crippen molar-refractivity contribution in [2.45, 2.75) is 32.6 Å². The van der Waals surface area contributed by atoms with Crippen LogP contribution in [0, 0.1) is 17.2 Å². The molecule has 0 radical (unpaired) electrons. The molecular formula is C24H24FN5O2. The van der Waals surface area contributed by atoms with Gasteiger partial charge in [-0.1, -0.05) is 18.7 Å². The van der Waals surface area contributed by atoms with Gasteiger partial charge in [0.2, 0.25) is 11.8 Å². The summed E-state index contributed by atoms with van der Waals surface area (Å²) in [5.41, 5.74) is 2.56. The summed E-state index contributed by atoms with van der Waals surface area (Å²) < 4.78 is 21.9. The second-order valence-corrected chi connectivity index (χ2v) is 8.57. The van der Waals surface area contributed by atoms with Crippen LogP contribution < -0.4 is 15.4 Å². The van der Waals surface area contributed by atoms with Gasteiger partial charge in [-0.05, 0) is 50.8 Å². The summed E-state index contributed by atoms with van der Waals surface area (Å²) in [5.74, 6) is 0.651. The zero-order valence-electron chi connectivity index (χ0n) is 17.8. The first-order chi connectivity index (χ1) is 15.3. The van der Waals surface area contributed by atoms with E-state index in [1.54, 1.807) is 30.5 Å². The summed E-state index contributed by atoms with van der Waals surface area (Å²) in [4.78, 5) is 16.3. The van der Waals surface area contributed by atoms with Crippen LogP contribution in [0.25, 0.3) is 5.65 Å². The third kappa shape index (κ3) is 3.84. The lowest BCUT2D eigenvalue weighted by Crippen LogP contribution is -2.13. The van der Waals surface area contributed by atoms with E-state index in [-0.39, 0.29) is 23.1 Å².